The fraction of sp³-hybridized carbons (Fsp3) is 0.333. The van der Waals surface area contributed by atoms with Crippen LogP contribution in [-0.2, 0) is 19.7 Å². The van der Waals surface area contributed by atoms with Crippen molar-refractivity contribution >= 4 is 19.7 Å². The van der Waals surface area contributed by atoms with Crippen molar-refractivity contribution < 1.29 is 16.8 Å². The van der Waals surface area contributed by atoms with Crippen LogP contribution in [0.4, 0.5) is 0 Å². The first-order valence-corrected chi connectivity index (χ1v) is 7.67. The maximum absolute atomic E-state index is 11.0. The zero-order valence-corrected chi connectivity index (χ0v) is 10.1. The molecule has 0 unspecified atom stereocenters. The van der Waals surface area contributed by atoms with Crippen LogP contribution in [-0.4, -0.2) is 28.3 Å². The summed E-state index contributed by atoms with van der Waals surface area (Å²) in [6.07, 6.45) is 4.05. The lowest BCUT2D eigenvalue weighted by molar-refractivity contribution is 0.605. The van der Waals surface area contributed by atoms with Gasteiger partial charge in [0.1, 0.15) is 0 Å². The summed E-state index contributed by atoms with van der Waals surface area (Å²) in [5.74, 6) is -0.144. The monoisotopic (exact) mass is 250 g/mol. The number of rotatable bonds is 6. The van der Waals surface area contributed by atoms with Gasteiger partial charge in [-0.1, -0.05) is 31.7 Å². The molecule has 0 amide bonds. The van der Waals surface area contributed by atoms with Crippen LogP contribution in [0.25, 0.3) is 0 Å². The van der Waals surface area contributed by atoms with Crippen molar-refractivity contribution in [1.82, 2.24) is 0 Å². The Balaban J connectivity index is 4.31. The van der Waals surface area contributed by atoms with Crippen molar-refractivity contribution in [3.05, 3.63) is 35.6 Å². The van der Waals surface area contributed by atoms with Gasteiger partial charge in [-0.2, -0.15) is 0 Å². The van der Waals surface area contributed by atoms with Crippen molar-refractivity contribution in [1.29, 1.82) is 0 Å². The van der Waals surface area contributed by atoms with Crippen molar-refractivity contribution in [2.45, 2.75) is 6.92 Å². The molecule has 0 rings (SSSR count). The third-order valence-electron chi connectivity index (χ3n) is 1.52. The Morgan fingerprint density at radius 3 is 2.13 bits per heavy atom. The van der Waals surface area contributed by atoms with E-state index in [1.54, 1.807) is 0 Å². The van der Waals surface area contributed by atoms with Crippen LogP contribution in [0.5, 0.6) is 0 Å². The topological polar surface area (TPSA) is 68.3 Å². The molecule has 0 saturated heterocycles. The average Bonchev–Trinajstić information content (AvgIpc) is 2.17. The lowest BCUT2D eigenvalue weighted by atomic mass is 10.5. The molecular formula is C9H14O4S2. The standard InChI is InChI=1S/C9H14O4S2/c1-3-14(10,11)8-6-5-7-9-15(12,13)4-2/h3,5-7,9H,1,4,8H2,2H3. The summed E-state index contributed by atoms with van der Waals surface area (Å²) < 4.78 is 43.7. The highest BCUT2D eigenvalue weighted by molar-refractivity contribution is 7.94. The fourth-order valence-electron chi connectivity index (χ4n) is 0.598. The van der Waals surface area contributed by atoms with Gasteiger partial charge in [0.2, 0.25) is 0 Å². The molecule has 4 nitrogen and oxygen atoms in total. The summed E-state index contributed by atoms with van der Waals surface area (Å²) in [5, 5.41) is 1.91. The lowest BCUT2D eigenvalue weighted by Gasteiger charge is -1.89. The quantitative estimate of drug-likeness (QED) is 0.661. The van der Waals surface area contributed by atoms with E-state index in [1.807, 2.05) is 0 Å². The molecule has 0 aromatic heterocycles. The predicted octanol–water partition coefficient (Wildman–Crippen LogP) is 1.05. The summed E-state index contributed by atoms with van der Waals surface area (Å²) in [6.45, 7) is 4.68. The van der Waals surface area contributed by atoms with Crippen molar-refractivity contribution in [2.75, 3.05) is 11.5 Å². The van der Waals surface area contributed by atoms with Crippen LogP contribution in [0, 0.1) is 0 Å². The van der Waals surface area contributed by atoms with Crippen molar-refractivity contribution in [2.24, 2.45) is 0 Å². The van der Waals surface area contributed by atoms with Gasteiger partial charge in [0.15, 0.2) is 19.7 Å². The fourth-order valence-corrected chi connectivity index (χ4v) is 1.64. The normalized spacial score (nSPS) is 13.7. The van der Waals surface area contributed by atoms with E-state index in [9.17, 15) is 16.8 Å². The SMILES string of the molecule is C=CS(=O)(=O)CC=CC=CS(=O)(=O)CC. The number of allylic oxidation sites excluding steroid dienone is 2. The molecule has 0 aliphatic rings. The minimum absolute atomic E-state index is 0.0301. The maximum atomic E-state index is 11.0. The molecule has 0 aliphatic heterocycles. The van der Waals surface area contributed by atoms with Crippen LogP contribution < -0.4 is 0 Å². The lowest BCUT2D eigenvalue weighted by Crippen LogP contribution is -1.98. The summed E-state index contributed by atoms with van der Waals surface area (Å²) in [6, 6.07) is 0. The third-order valence-corrected chi connectivity index (χ3v) is 4.06. The Labute approximate surface area is 90.8 Å². The Morgan fingerprint density at radius 2 is 1.67 bits per heavy atom. The van der Waals surface area contributed by atoms with Crippen molar-refractivity contribution in [3.8, 4) is 0 Å². The van der Waals surface area contributed by atoms with Gasteiger partial charge in [0.25, 0.3) is 0 Å². The van der Waals surface area contributed by atoms with E-state index in [-0.39, 0.29) is 11.5 Å². The molecule has 86 valence electrons. The van der Waals surface area contributed by atoms with Gasteiger partial charge >= 0.3 is 0 Å². The van der Waals surface area contributed by atoms with Gasteiger partial charge in [-0.3, -0.25) is 0 Å². The highest BCUT2D eigenvalue weighted by Gasteiger charge is 2.00. The maximum Gasteiger partial charge on any atom is 0.174 e. The zero-order chi connectivity index (χ0) is 11.9. The summed E-state index contributed by atoms with van der Waals surface area (Å²) in [7, 11) is -6.39. The second-order valence-corrected chi connectivity index (χ2v) is 6.87. The van der Waals surface area contributed by atoms with E-state index >= 15 is 0 Å². The average molecular weight is 250 g/mol. The van der Waals surface area contributed by atoms with E-state index in [0.29, 0.717) is 0 Å². The molecule has 0 aliphatic carbocycles. The molecular weight excluding hydrogens is 236 g/mol. The largest absolute Gasteiger partial charge is 0.224 e. The van der Waals surface area contributed by atoms with Gasteiger partial charge in [-0.05, 0) is 0 Å². The van der Waals surface area contributed by atoms with Crippen LogP contribution in [0.15, 0.2) is 35.6 Å². The number of sulfone groups is 2. The van der Waals surface area contributed by atoms with Gasteiger partial charge in [-0.15, -0.1) is 0 Å². The Kier molecular flexibility index (Phi) is 5.53. The third kappa shape index (κ3) is 7.10. The molecule has 6 heteroatoms. The summed E-state index contributed by atoms with van der Waals surface area (Å²) in [4.78, 5) is 0. The molecule has 0 fully saturated rings. The van der Waals surface area contributed by atoms with E-state index in [2.05, 4.69) is 6.58 Å². The Hall–Kier alpha value is -0.880. The zero-order valence-electron chi connectivity index (χ0n) is 8.46. The molecule has 15 heavy (non-hydrogen) atoms. The molecule has 0 aromatic rings. The first kappa shape index (κ1) is 14.1. The predicted molar refractivity (Wildman–Crippen MR) is 61.7 cm³/mol. The minimum atomic E-state index is -3.25. The minimum Gasteiger partial charge on any atom is -0.224 e. The Bertz CT molecular complexity index is 452. The van der Waals surface area contributed by atoms with Crippen LogP contribution in [0.3, 0.4) is 0 Å². The van der Waals surface area contributed by atoms with Gasteiger partial charge < -0.3 is 0 Å². The molecule has 0 spiro atoms. The molecule has 0 heterocycles. The first-order valence-electron chi connectivity index (χ1n) is 4.24. The number of hydrogen-bond donors (Lipinski definition) is 0. The van der Waals surface area contributed by atoms with Crippen LogP contribution in [0.2, 0.25) is 0 Å². The van der Waals surface area contributed by atoms with E-state index in [0.717, 1.165) is 10.8 Å². The summed E-state index contributed by atoms with van der Waals surface area (Å²) in [5.41, 5.74) is 0. The van der Waals surface area contributed by atoms with E-state index in [1.165, 1.54) is 25.2 Å². The molecule has 0 N–H and O–H groups in total. The second-order valence-electron chi connectivity index (χ2n) is 2.70. The van der Waals surface area contributed by atoms with Crippen LogP contribution in [0.1, 0.15) is 6.92 Å². The molecule has 0 radical (unpaired) electrons. The van der Waals surface area contributed by atoms with Gasteiger partial charge in [-0.25, -0.2) is 16.8 Å². The first-order chi connectivity index (χ1) is 6.83. The van der Waals surface area contributed by atoms with Crippen LogP contribution >= 0.6 is 0 Å². The highest BCUT2D eigenvalue weighted by Crippen LogP contribution is 1.94. The van der Waals surface area contributed by atoms with Gasteiger partial charge in [0, 0.05) is 10.8 Å². The second kappa shape index (κ2) is 5.87. The molecule has 0 atom stereocenters. The molecule has 0 aromatic carbocycles. The molecule has 0 bridgehead atoms. The summed E-state index contributed by atoms with van der Waals surface area (Å²) >= 11 is 0. The molecule has 0 saturated carbocycles. The Morgan fingerprint density at radius 1 is 1.07 bits per heavy atom. The van der Waals surface area contributed by atoms with Gasteiger partial charge in [0.05, 0.1) is 11.5 Å². The number of hydrogen-bond acceptors (Lipinski definition) is 4. The highest BCUT2D eigenvalue weighted by atomic mass is 32.2. The van der Waals surface area contributed by atoms with E-state index in [4.69, 9.17) is 0 Å². The van der Waals surface area contributed by atoms with E-state index < -0.39 is 19.7 Å². The van der Waals surface area contributed by atoms with Crippen molar-refractivity contribution in [3.63, 3.8) is 0 Å². The smallest absolute Gasteiger partial charge is 0.174 e.